The number of likely N-dealkylation sites (tertiary alicyclic amines) is 1. The van der Waals surface area contributed by atoms with Crippen molar-refractivity contribution in [3.05, 3.63) is 78.4 Å². The summed E-state index contributed by atoms with van der Waals surface area (Å²) in [6, 6.07) is 13.5. The van der Waals surface area contributed by atoms with E-state index < -0.39 is 0 Å². The fourth-order valence-corrected chi connectivity index (χ4v) is 3.52. The number of nitrogens with zero attached hydrogens (tertiary/aromatic N) is 4. The van der Waals surface area contributed by atoms with Crippen molar-refractivity contribution in [2.45, 2.75) is 19.4 Å². The average molecular weight is 389 g/mol. The molecule has 0 radical (unpaired) electrons. The Kier molecular flexibility index (Phi) is 5.65. The van der Waals surface area contributed by atoms with E-state index in [4.69, 9.17) is 0 Å². The number of pyridine rings is 1. The molecule has 0 aliphatic carbocycles. The summed E-state index contributed by atoms with van der Waals surface area (Å²) < 4.78 is 1.70. The van der Waals surface area contributed by atoms with Crippen LogP contribution < -0.4 is 5.32 Å². The molecule has 1 aliphatic rings. The van der Waals surface area contributed by atoms with Crippen LogP contribution in [-0.2, 0) is 11.3 Å². The van der Waals surface area contributed by atoms with Crippen LogP contribution in [0.4, 0.5) is 0 Å². The Balaban J connectivity index is 1.29. The summed E-state index contributed by atoms with van der Waals surface area (Å²) in [7, 11) is 0. The Morgan fingerprint density at radius 1 is 1.03 bits per heavy atom. The lowest BCUT2D eigenvalue weighted by Crippen LogP contribution is -2.42. The van der Waals surface area contributed by atoms with Gasteiger partial charge in [-0.2, -0.15) is 5.10 Å². The Hall–Kier alpha value is -3.48. The van der Waals surface area contributed by atoms with Gasteiger partial charge in [0.15, 0.2) is 0 Å². The monoisotopic (exact) mass is 389 g/mol. The quantitative estimate of drug-likeness (QED) is 0.727. The van der Waals surface area contributed by atoms with Crippen molar-refractivity contribution in [1.29, 1.82) is 0 Å². The van der Waals surface area contributed by atoms with E-state index in [9.17, 15) is 9.59 Å². The lowest BCUT2D eigenvalue weighted by Gasteiger charge is -2.31. The maximum Gasteiger partial charge on any atom is 0.257 e. The molecule has 2 aromatic heterocycles. The van der Waals surface area contributed by atoms with E-state index >= 15 is 0 Å². The van der Waals surface area contributed by atoms with Crippen LogP contribution in [0.2, 0.25) is 0 Å². The molecule has 0 saturated carbocycles. The van der Waals surface area contributed by atoms with Crippen LogP contribution in [0.15, 0.2) is 67.3 Å². The van der Waals surface area contributed by atoms with Gasteiger partial charge in [-0.3, -0.25) is 14.6 Å². The van der Waals surface area contributed by atoms with Gasteiger partial charge in [0, 0.05) is 44.1 Å². The number of para-hydroxylation sites is 1. The number of carbonyl (C=O) groups is 2. The number of piperidine rings is 1. The molecule has 1 saturated heterocycles. The molecule has 0 spiro atoms. The fourth-order valence-electron chi connectivity index (χ4n) is 3.52. The van der Waals surface area contributed by atoms with Gasteiger partial charge in [-0.15, -0.1) is 0 Å². The SMILES string of the molecule is O=C(NCc1cccnc1)C1CCN(C(=O)c2cnn(-c3ccccc3)c2)CC1. The zero-order valence-electron chi connectivity index (χ0n) is 16.1. The minimum atomic E-state index is -0.0669. The molecule has 2 amide bonds. The molecule has 0 unspecified atom stereocenters. The first-order valence-electron chi connectivity index (χ1n) is 9.77. The third-order valence-corrected chi connectivity index (χ3v) is 5.19. The molecule has 1 fully saturated rings. The minimum Gasteiger partial charge on any atom is -0.352 e. The normalized spacial score (nSPS) is 14.6. The third kappa shape index (κ3) is 4.51. The van der Waals surface area contributed by atoms with Crippen LogP contribution in [0.1, 0.15) is 28.8 Å². The fraction of sp³-hybridized carbons (Fsp3) is 0.273. The van der Waals surface area contributed by atoms with Gasteiger partial charge in [-0.05, 0) is 36.6 Å². The first kappa shape index (κ1) is 18.9. The summed E-state index contributed by atoms with van der Waals surface area (Å²) in [5.41, 5.74) is 2.45. The minimum absolute atomic E-state index is 0.0397. The second-order valence-electron chi connectivity index (χ2n) is 7.15. The topological polar surface area (TPSA) is 80.1 Å². The summed E-state index contributed by atoms with van der Waals surface area (Å²) in [5, 5.41) is 7.27. The van der Waals surface area contributed by atoms with Crippen LogP contribution in [0, 0.1) is 5.92 Å². The molecule has 1 aromatic carbocycles. The standard InChI is InChI=1S/C22H23N5O2/c28-21(24-14-17-5-4-10-23-13-17)18-8-11-26(12-9-18)22(29)19-15-25-27(16-19)20-6-2-1-3-7-20/h1-7,10,13,15-16,18H,8-9,11-12,14H2,(H,24,28). The second-order valence-corrected chi connectivity index (χ2v) is 7.15. The third-order valence-electron chi connectivity index (χ3n) is 5.19. The predicted octanol–water partition coefficient (Wildman–Crippen LogP) is 2.44. The highest BCUT2D eigenvalue weighted by atomic mass is 16.2. The molecule has 29 heavy (non-hydrogen) atoms. The number of hydrogen-bond donors (Lipinski definition) is 1. The van der Waals surface area contributed by atoms with Crippen LogP contribution >= 0.6 is 0 Å². The molecule has 3 heterocycles. The lowest BCUT2D eigenvalue weighted by molar-refractivity contribution is -0.126. The van der Waals surface area contributed by atoms with Crippen molar-refractivity contribution in [2.24, 2.45) is 5.92 Å². The molecule has 1 aliphatic heterocycles. The van der Waals surface area contributed by atoms with Crippen LogP contribution in [-0.4, -0.2) is 44.6 Å². The van der Waals surface area contributed by atoms with Gasteiger partial charge in [-0.25, -0.2) is 4.68 Å². The number of benzene rings is 1. The van der Waals surface area contributed by atoms with Crippen molar-refractivity contribution in [2.75, 3.05) is 13.1 Å². The highest BCUT2D eigenvalue weighted by Crippen LogP contribution is 2.20. The van der Waals surface area contributed by atoms with Crippen LogP contribution in [0.3, 0.4) is 0 Å². The summed E-state index contributed by atoms with van der Waals surface area (Å²) >= 11 is 0. The van der Waals surface area contributed by atoms with Crippen molar-refractivity contribution in [1.82, 2.24) is 25.0 Å². The zero-order valence-corrected chi connectivity index (χ0v) is 16.1. The average Bonchev–Trinajstić information content (AvgIpc) is 3.29. The van der Waals surface area contributed by atoms with Crippen LogP contribution in [0.5, 0.6) is 0 Å². The maximum absolute atomic E-state index is 12.8. The molecule has 3 aromatic rings. The van der Waals surface area contributed by atoms with Gasteiger partial charge in [0.2, 0.25) is 5.91 Å². The summed E-state index contributed by atoms with van der Waals surface area (Å²) in [4.78, 5) is 31.1. The molecular weight excluding hydrogens is 366 g/mol. The van der Waals surface area contributed by atoms with E-state index in [1.54, 1.807) is 34.4 Å². The molecule has 7 heteroatoms. The van der Waals surface area contributed by atoms with Crippen LogP contribution in [0.25, 0.3) is 5.69 Å². The molecule has 7 nitrogen and oxygen atoms in total. The van der Waals surface area contributed by atoms with Crippen molar-refractivity contribution >= 4 is 11.8 Å². The maximum atomic E-state index is 12.8. The van der Waals surface area contributed by atoms with E-state index in [0.29, 0.717) is 38.0 Å². The molecule has 0 bridgehead atoms. The summed E-state index contributed by atoms with van der Waals surface area (Å²) in [6.45, 7) is 1.62. The van der Waals surface area contributed by atoms with E-state index in [1.807, 2.05) is 42.5 Å². The predicted molar refractivity (Wildman–Crippen MR) is 108 cm³/mol. The van der Waals surface area contributed by atoms with E-state index in [2.05, 4.69) is 15.4 Å². The van der Waals surface area contributed by atoms with Gasteiger partial charge in [-0.1, -0.05) is 24.3 Å². The zero-order chi connectivity index (χ0) is 20.1. The summed E-state index contributed by atoms with van der Waals surface area (Å²) in [6.07, 6.45) is 8.14. The lowest BCUT2D eigenvalue weighted by atomic mass is 9.95. The number of carbonyl (C=O) groups excluding carboxylic acids is 2. The summed E-state index contributed by atoms with van der Waals surface area (Å²) in [5.74, 6) is -0.0676. The number of amides is 2. The van der Waals surface area contributed by atoms with Crippen molar-refractivity contribution in [3.8, 4) is 5.69 Å². The molecule has 1 N–H and O–H groups in total. The number of hydrogen-bond acceptors (Lipinski definition) is 4. The Morgan fingerprint density at radius 3 is 2.55 bits per heavy atom. The Morgan fingerprint density at radius 2 is 1.83 bits per heavy atom. The highest BCUT2D eigenvalue weighted by Gasteiger charge is 2.28. The highest BCUT2D eigenvalue weighted by molar-refractivity contribution is 5.94. The Labute approximate surface area is 169 Å². The van der Waals surface area contributed by atoms with E-state index in [-0.39, 0.29) is 17.7 Å². The number of aromatic nitrogens is 3. The van der Waals surface area contributed by atoms with E-state index in [0.717, 1.165) is 11.3 Å². The van der Waals surface area contributed by atoms with Gasteiger partial charge >= 0.3 is 0 Å². The van der Waals surface area contributed by atoms with Gasteiger partial charge in [0.1, 0.15) is 0 Å². The van der Waals surface area contributed by atoms with Gasteiger partial charge < -0.3 is 10.2 Å². The van der Waals surface area contributed by atoms with Crippen molar-refractivity contribution < 1.29 is 9.59 Å². The molecule has 4 rings (SSSR count). The van der Waals surface area contributed by atoms with E-state index in [1.165, 1.54) is 0 Å². The van der Waals surface area contributed by atoms with Gasteiger partial charge in [0.25, 0.3) is 5.91 Å². The van der Waals surface area contributed by atoms with Crippen molar-refractivity contribution in [3.63, 3.8) is 0 Å². The molecule has 0 atom stereocenters. The first-order valence-corrected chi connectivity index (χ1v) is 9.77. The molecular formula is C22H23N5O2. The smallest absolute Gasteiger partial charge is 0.257 e. The molecule has 148 valence electrons. The van der Waals surface area contributed by atoms with Gasteiger partial charge in [0.05, 0.1) is 17.4 Å². The number of rotatable bonds is 5. The second kappa shape index (κ2) is 8.68. The number of nitrogens with one attached hydrogen (secondary N) is 1. The Bertz CT molecular complexity index is 963. The first-order chi connectivity index (χ1) is 14.2. The largest absolute Gasteiger partial charge is 0.352 e.